The Balaban J connectivity index is 2.14. The van der Waals surface area contributed by atoms with Crippen molar-refractivity contribution in [3.8, 4) is 0 Å². The summed E-state index contributed by atoms with van der Waals surface area (Å²) in [6, 6.07) is 9.20. The number of nitrogens with one attached hydrogen (secondary N) is 1. The number of unbranched alkanes of at least 4 members (excludes halogenated alkanes) is 1. The zero-order chi connectivity index (χ0) is 13.9. The molecule has 0 heterocycles. The van der Waals surface area contributed by atoms with Gasteiger partial charge in [0.25, 0.3) is 0 Å². The highest BCUT2D eigenvalue weighted by atomic mass is 32.2. The van der Waals surface area contributed by atoms with Crippen LogP contribution in [0.1, 0.15) is 44.7 Å². The summed E-state index contributed by atoms with van der Waals surface area (Å²) in [5, 5.41) is 3.54. The third kappa shape index (κ3) is 7.00. The minimum absolute atomic E-state index is 0.409. The lowest BCUT2D eigenvalue weighted by molar-refractivity contribution is 0.128. The molecule has 1 unspecified atom stereocenters. The van der Waals surface area contributed by atoms with Crippen molar-refractivity contribution in [2.45, 2.75) is 44.0 Å². The molecule has 0 spiro atoms. The number of benzene rings is 1. The molecule has 1 aromatic rings. The lowest BCUT2D eigenvalue weighted by Crippen LogP contribution is -2.21. The maximum Gasteiger partial charge on any atom is 0.0478 e. The van der Waals surface area contributed by atoms with Gasteiger partial charge < -0.3 is 10.1 Å². The first kappa shape index (κ1) is 16.5. The van der Waals surface area contributed by atoms with E-state index in [0.29, 0.717) is 6.04 Å². The van der Waals surface area contributed by atoms with Gasteiger partial charge in [0.2, 0.25) is 0 Å². The van der Waals surface area contributed by atoms with E-state index in [4.69, 9.17) is 4.74 Å². The van der Waals surface area contributed by atoms with Crippen molar-refractivity contribution in [1.29, 1.82) is 0 Å². The van der Waals surface area contributed by atoms with E-state index in [1.165, 1.54) is 23.3 Å². The molecule has 0 fully saturated rings. The number of thioether (sulfide) groups is 1. The van der Waals surface area contributed by atoms with Crippen LogP contribution in [0.5, 0.6) is 0 Å². The maximum absolute atomic E-state index is 5.55. The van der Waals surface area contributed by atoms with Crippen LogP contribution in [0.3, 0.4) is 0 Å². The molecule has 19 heavy (non-hydrogen) atoms. The molecule has 0 saturated heterocycles. The second-order valence-electron chi connectivity index (χ2n) is 4.77. The van der Waals surface area contributed by atoms with Crippen LogP contribution in [0, 0.1) is 0 Å². The van der Waals surface area contributed by atoms with Gasteiger partial charge in [0.05, 0.1) is 0 Å². The minimum Gasteiger partial charge on any atom is -0.381 e. The Morgan fingerprint density at radius 2 is 1.84 bits per heavy atom. The molecule has 1 rings (SSSR count). The quantitative estimate of drug-likeness (QED) is 0.511. The largest absolute Gasteiger partial charge is 0.381 e. The smallest absolute Gasteiger partial charge is 0.0478 e. The molecule has 0 saturated carbocycles. The highest BCUT2D eigenvalue weighted by Crippen LogP contribution is 2.18. The summed E-state index contributed by atoms with van der Waals surface area (Å²) in [4.78, 5) is 1.32. The topological polar surface area (TPSA) is 21.3 Å². The molecular weight excluding hydrogens is 254 g/mol. The van der Waals surface area contributed by atoms with E-state index >= 15 is 0 Å². The molecule has 3 heteroatoms. The molecule has 108 valence electrons. The first-order valence-corrected chi connectivity index (χ1v) is 8.45. The van der Waals surface area contributed by atoms with Crippen molar-refractivity contribution >= 4 is 11.8 Å². The van der Waals surface area contributed by atoms with Crippen LogP contribution in [0.25, 0.3) is 0 Å². The van der Waals surface area contributed by atoms with Crippen LogP contribution in [-0.2, 0) is 4.74 Å². The zero-order valence-corrected chi connectivity index (χ0v) is 13.3. The summed E-state index contributed by atoms with van der Waals surface area (Å²) >= 11 is 1.78. The standard InChI is InChI=1S/C16H27NOS/c1-4-5-12-18-13-6-11-17-14(2)15-7-9-16(19-3)10-8-15/h7-10,14,17H,4-6,11-13H2,1-3H3. The molecule has 1 atom stereocenters. The van der Waals surface area contributed by atoms with Crippen LogP contribution in [0.4, 0.5) is 0 Å². The van der Waals surface area contributed by atoms with Gasteiger partial charge in [-0.25, -0.2) is 0 Å². The van der Waals surface area contributed by atoms with Crippen molar-refractivity contribution in [2.24, 2.45) is 0 Å². The number of ether oxygens (including phenoxy) is 1. The number of hydrogen-bond acceptors (Lipinski definition) is 3. The third-order valence-corrected chi connectivity index (χ3v) is 3.92. The van der Waals surface area contributed by atoms with E-state index < -0.39 is 0 Å². The van der Waals surface area contributed by atoms with E-state index in [2.05, 4.69) is 49.7 Å². The lowest BCUT2D eigenvalue weighted by Gasteiger charge is -2.14. The highest BCUT2D eigenvalue weighted by molar-refractivity contribution is 7.98. The predicted octanol–water partition coefficient (Wildman–Crippen LogP) is 4.27. The fourth-order valence-corrected chi connectivity index (χ4v) is 2.26. The first-order valence-electron chi connectivity index (χ1n) is 7.23. The minimum atomic E-state index is 0.409. The fraction of sp³-hybridized carbons (Fsp3) is 0.625. The Hall–Kier alpha value is -0.510. The second-order valence-corrected chi connectivity index (χ2v) is 5.65. The Labute approximate surface area is 122 Å². The van der Waals surface area contributed by atoms with Crippen LogP contribution >= 0.6 is 11.8 Å². The average Bonchev–Trinajstić information content (AvgIpc) is 2.46. The van der Waals surface area contributed by atoms with E-state index in [-0.39, 0.29) is 0 Å². The van der Waals surface area contributed by atoms with Gasteiger partial charge in [0, 0.05) is 24.2 Å². The highest BCUT2D eigenvalue weighted by Gasteiger charge is 2.03. The van der Waals surface area contributed by atoms with Crippen LogP contribution in [-0.4, -0.2) is 26.0 Å². The van der Waals surface area contributed by atoms with Gasteiger partial charge in [-0.1, -0.05) is 25.5 Å². The molecule has 0 aromatic heterocycles. The summed E-state index contributed by atoms with van der Waals surface area (Å²) in [7, 11) is 0. The number of hydrogen-bond donors (Lipinski definition) is 1. The van der Waals surface area contributed by atoms with Crippen molar-refractivity contribution in [3.05, 3.63) is 29.8 Å². The van der Waals surface area contributed by atoms with Crippen LogP contribution < -0.4 is 5.32 Å². The van der Waals surface area contributed by atoms with Crippen molar-refractivity contribution in [3.63, 3.8) is 0 Å². The lowest BCUT2D eigenvalue weighted by atomic mass is 10.1. The van der Waals surface area contributed by atoms with Gasteiger partial charge in [-0.05, 0) is 50.3 Å². The predicted molar refractivity (Wildman–Crippen MR) is 85.0 cm³/mol. The van der Waals surface area contributed by atoms with Gasteiger partial charge in [0.15, 0.2) is 0 Å². The van der Waals surface area contributed by atoms with Crippen LogP contribution in [0.2, 0.25) is 0 Å². The molecule has 0 radical (unpaired) electrons. The van der Waals surface area contributed by atoms with Gasteiger partial charge in [0.1, 0.15) is 0 Å². The average molecular weight is 281 g/mol. The van der Waals surface area contributed by atoms with Gasteiger partial charge in [-0.3, -0.25) is 0 Å². The fourth-order valence-electron chi connectivity index (χ4n) is 1.85. The van der Waals surface area contributed by atoms with Gasteiger partial charge in [-0.15, -0.1) is 11.8 Å². The Bertz CT molecular complexity index is 326. The van der Waals surface area contributed by atoms with E-state index in [1.54, 1.807) is 11.8 Å². The molecule has 1 N–H and O–H groups in total. The summed E-state index contributed by atoms with van der Waals surface area (Å²) in [6.07, 6.45) is 5.57. The summed E-state index contributed by atoms with van der Waals surface area (Å²) in [5.41, 5.74) is 1.35. The SMILES string of the molecule is CCCCOCCCNC(C)c1ccc(SC)cc1. The molecule has 0 aliphatic carbocycles. The summed E-state index contributed by atoms with van der Waals surface area (Å²) in [5.74, 6) is 0. The second kappa shape index (κ2) is 10.3. The molecule has 0 aliphatic heterocycles. The van der Waals surface area contributed by atoms with E-state index in [0.717, 1.165) is 26.2 Å². The normalized spacial score (nSPS) is 12.6. The van der Waals surface area contributed by atoms with Crippen molar-refractivity contribution < 1.29 is 4.74 Å². The molecule has 0 aliphatic rings. The molecule has 1 aromatic carbocycles. The Kier molecular flexibility index (Phi) is 8.97. The molecule has 0 bridgehead atoms. The summed E-state index contributed by atoms with van der Waals surface area (Å²) < 4.78 is 5.55. The third-order valence-electron chi connectivity index (χ3n) is 3.17. The molecular formula is C16H27NOS. The number of rotatable bonds is 10. The van der Waals surface area contributed by atoms with Gasteiger partial charge in [-0.2, -0.15) is 0 Å². The van der Waals surface area contributed by atoms with E-state index in [9.17, 15) is 0 Å². The summed E-state index contributed by atoms with van der Waals surface area (Å²) in [6.45, 7) is 7.19. The van der Waals surface area contributed by atoms with Gasteiger partial charge >= 0.3 is 0 Å². The molecule has 2 nitrogen and oxygen atoms in total. The van der Waals surface area contributed by atoms with Crippen molar-refractivity contribution in [1.82, 2.24) is 5.32 Å². The maximum atomic E-state index is 5.55. The monoisotopic (exact) mass is 281 g/mol. The Morgan fingerprint density at radius 3 is 2.47 bits per heavy atom. The Morgan fingerprint density at radius 1 is 1.16 bits per heavy atom. The molecule has 0 amide bonds. The zero-order valence-electron chi connectivity index (χ0n) is 12.4. The van der Waals surface area contributed by atoms with Crippen LogP contribution in [0.15, 0.2) is 29.2 Å². The van der Waals surface area contributed by atoms with Crippen molar-refractivity contribution in [2.75, 3.05) is 26.0 Å². The first-order chi connectivity index (χ1) is 9.27. The van der Waals surface area contributed by atoms with E-state index in [1.807, 2.05) is 0 Å².